The lowest BCUT2D eigenvalue weighted by Crippen LogP contribution is -2.17. The molecule has 2 heteroatoms. The highest BCUT2D eigenvalue weighted by Crippen LogP contribution is 2.46. The van der Waals surface area contributed by atoms with Gasteiger partial charge in [0, 0.05) is 0 Å². The van der Waals surface area contributed by atoms with Crippen LogP contribution in [-0.4, -0.2) is 22.9 Å². The number of aliphatic hydroxyl groups excluding tert-OH is 1. The van der Waals surface area contributed by atoms with Crippen molar-refractivity contribution in [1.82, 2.24) is 0 Å². The summed E-state index contributed by atoms with van der Waals surface area (Å²) in [6.07, 6.45) is 9.20. The van der Waals surface area contributed by atoms with Gasteiger partial charge in [0.2, 0.25) is 0 Å². The Morgan fingerprint density at radius 3 is 2.76 bits per heavy atom. The van der Waals surface area contributed by atoms with E-state index in [0.717, 1.165) is 24.8 Å². The van der Waals surface area contributed by atoms with Crippen molar-refractivity contribution in [3.63, 3.8) is 0 Å². The minimum Gasteiger partial charge on any atom is -0.385 e. The Morgan fingerprint density at radius 1 is 1.35 bits per heavy atom. The summed E-state index contributed by atoms with van der Waals surface area (Å²) in [6, 6.07) is 0. The summed E-state index contributed by atoms with van der Waals surface area (Å²) in [7, 11) is 0. The van der Waals surface area contributed by atoms with Crippen LogP contribution in [0.15, 0.2) is 23.8 Å². The summed E-state index contributed by atoms with van der Waals surface area (Å²) in [5.41, 5.74) is 1.20. The monoisotopic (exact) mass is 236 g/mol. The van der Waals surface area contributed by atoms with E-state index in [1.165, 1.54) is 0 Å². The zero-order valence-electron chi connectivity index (χ0n) is 11.4. The third-order valence-electron chi connectivity index (χ3n) is 4.05. The van der Waals surface area contributed by atoms with Crippen molar-refractivity contribution < 1.29 is 9.84 Å². The van der Waals surface area contributed by atoms with E-state index in [1.807, 2.05) is 13.0 Å². The molecule has 0 aromatic rings. The maximum atomic E-state index is 9.98. The fourth-order valence-corrected chi connectivity index (χ4v) is 2.52. The summed E-state index contributed by atoms with van der Waals surface area (Å²) < 4.78 is 5.85. The van der Waals surface area contributed by atoms with Crippen molar-refractivity contribution in [1.29, 1.82) is 0 Å². The number of ether oxygens (including phenoxy) is 1. The Balaban J connectivity index is 2.18. The molecule has 1 N–H and O–H groups in total. The summed E-state index contributed by atoms with van der Waals surface area (Å²) >= 11 is 0. The van der Waals surface area contributed by atoms with Crippen LogP contribution in [0, 0.1) is 5.41 Å². The number of aliphatic hydroxyl groups is 1. The van der Waals surface area contributed by atoms with E-state index in [4.69, 9.17) is 4.74 Å². The standard InChI is InChI=1S/C15H24O2/c1-11-6-5-8-15(4)13(17-15)10-14(2,3)9-7-12(11)16/h6-7,9,12-13,16H,5,8,10H2,1-4H3/b9-7-,11-6-/t12-,13-,15-/m1/s1. The van der Waals surface area contributed by atoms with Crippen molar-refractivity contribution in [2.75, 3.05) is 0 Å². The molecule has 0 saturated carbocycles. The predicted octanol–water partition coefficient (Wildman–Crippen LogP) is 3.22. The first-order valence-electron chi connectivity index (χ1n) is 6.54. The normalized spacial score (nSPS) is 46.1. The molecule has 0 spiro atoms. The minimum absolute atomic E-state index is 0.0666. The van der Waals surface area contributed by atoms with Crippen LogP contribution in [-0.2, 0) is 4.74 Å². The topological polar surface area (TPSA) is 32.8 Å². The van der Waals surface area contributed by atoms with E-state index >= 15 is 0 Å². The average Bonchev–Trinajstić information content (AvgIpc) is 2.83. The first-order chi connectivity index (χ1) is 7.82. The first-order valence-corrected chi connectivity index (χ1v) is 6.54. The molecule has 3 atom stereocenters. The van der Waals surface area contributed by atoms with E-state index < -0.39 is 6.10 Å². The molecule has 0 aromatic heterocycles. The summed E-state index contributed by atoms with van der Waals surface area (Å²) in [5, 5.41) is 9.98. The van der Waals surface area contributed by atoms with Gasteiger partial charge in [-0.25, -0.2) is 0 Å². The molecule has 17 heavy (non-hydrogen) atoms. The van der Waals surface area contributed by atoms with Crippen LogP contribution in [0.2, 0.25) is 0 Å². The Kier molecular flexibility index (Phi) is 3.21. The Bertz CT molecular complexity index is 354. The number of fused-ring (bicyclic) bond motifs is 1. The van der Waals surface area contributed by atoms with Gasteiger partial charge in [-0.1, -0.05) is 32.1 Å². The highest BCUT2D eigenvalue weighted by atomic mass is 16.6. The second-order valence-corrected chi connectivity index (χ2v) is 6.40. The van der Waals surface area contributed by atoms with Crippen LogP contribution >= 0.6 is 0 Å². The second kappa shape index (κ2) is 4.25. The molecule has 2 aliphatic rings. The van der Waals surface area contributed by atoms with Gasteiger partial charge in [0.1, 0.15) is 0 Å². The van der Waals surface area contributed by atoms with Gasteiger partial charge in [0.25, 0.3) is 0 Å². The van der Waals surface area contributed by atoms with Crippen LogP contribution < -0.4 is 0 Å². The number of rotatable bonds is 0. The van der Waals surface area contributed by atoms with Gasteiger partial charge in [0.05, 0.1) is 17.8 Å². The molecule has 0 bridgehead atoms. The lowest BCUT2D eigenvalue weighted by molar-refractivity contribution is 0.252. The van der Waals surface area contributed by atoms with Crippen LogP contribution in [0.5, 0.6) is 0 Å². The molecule has 1 aliphatic carbocycles. The van der Waals surface area contributed by atoms with Crippen molar-refractivity contribution in [2.45, 2.75) is 64.8 Å². The Labute approximate surface area is 104 Å². The average molecular weight is 236 g/mol. The summed E-state index contributed by atoms with van der Waals surface area (Å²) in [6.45, 7) is 8.60. The van der Waals surface area contributed by atoms with Crippen LogP contribution in [0.1, 0.15) is 47.0 Å². The zero-order chi connectivity index (χ0) is 12.7. The van der Waals surface area contributed by atoms with Crippen LogP contribution in [0.4, 0.5) is 0 Å². The molecular weight excluding hydrogens is 212 g/mol. The fraction of sp³-hybridized carbons (Fsp3) is 0.733. The van der Waals surface area contributed by atoms with Gasteiger partial charge in [-0.15, -0.1) is 0 Å². The highest BCUT2D eigenvalue weighted by Gasteiger charge is 2.52. The van der Waals surface area contributed by atoms with Crippen molar-refractivity contribution >= 4 is 0 Å². The largest absolute Gasteiger partial charge is 0.385 e. The lowest BCUT2D eigenvalue weighted by atomic mass is 9.84. The van der Waals surface area contributed by atoms with E-state index in [1.54, 1.807) is 0 Å². The quantitative estimate of drug-likeness (QED) is 0.517. The van der Waals surface area contributed by atoms with E-state index in [2.05, 4.69) is 32.9 Å². The van der Waals surface area contributed by atoms with Gasteiger partial charge in [0.15, 0.2) is 0 Å². The highest BCUT2D eigenvalue weighted by molar-refractivity contribution is 5.17. The lowest BCUT2D eigenvalue weighted by Gasteiger charge is -2.20. The van der Waals surface area contributed by atoms with Gasteiger partial charge in [-0.05, 0) is 44.1 Å². The first kappa shape index (κ1) is 12.8. The molecule has 96 valence electrons. The third-order valence-corrected chi connectivity index (χ3v) is 4.05. The third kappa shape index (κ3) is 2.99. The van der Waals surface area contributed by atoms with Crippen molar-refractivity contribution in [3.8, 4) is 0 Å². The van der Waals surface area contributed by atoms with E-state index in [0.29, 0.717) is 6.10 Å². The van der Waals surface area contributed by atoms with Crippen LogP contribution in [0.3, 0.4) is 0 Å². The minimum atomic E-state index is -0.433. The molecule has 0 amide bonds. The van der Waals surface area contributed by atoms with Gasteiger partial charge in [-0.3, -0.25) is 0 Å². The van der Waals surface area contributed by atoms with E-state index in [9.17, 15) is 5.11 Å². The number of hydrogen-bond acceptors (Lipinski definition) is 2. The molecule has 1 fully saturated rings. The molecular formula is C15H24O2. The molecule has 1 aliphatic heterocycles. The van der Waals surface area contributed by atoms with E-state index in [-0.39, 0.29) is 11.0 Å². The Hall–Kier alpha value is -0.600. The van der Waals surface area contributed by atoms with Gasteiger partial charge >= 0.3 is 0 Å². The molecule has 1 heterocycles. The predicted molar refractivity (Wildman–Crippen MR) is 69.8 cm³/mol. The summed E-state index contributed by atoms with van der Waals surface area (Å²) in [5.74, 6) is 0. The fourth-order valence-electron chi connectivity index (χ4n) is 2.52. The van der Waals surface area contributed by atoms with Gasteiger partial charge < -0.3 is 9.84 Å². The summed E-state index contributed by atoms with van der Waals surface area (Å²) in [4.78, 5) is 0. The molecule has 1 saturated heterocycles. The molecule has 0 radical (unpaired) electrons. The number of hydrogen-bond donors (Lipinski definition) is 1. The van der Waals surface area contributed by atoms with Crippen LogP contribution in [0.25, 0.3) is 0 Å². The molecule has 2 nitrogen and oxygen atoms in total. The van der Waals surface area contributed by atoms with Crippen molar-refractivity contribution in [2.24, 2.45) is 5.41 Å². The maximum absolute atomic E-state index is 9.98. The molecule has 0 aromatic carbocycles. The molecule has 2 rings (SSSR count). The SMILES string of the molecule is C/C1=C/CC[C@@]2(C)O[C@@H]2CC(C)(C)/C=C\[C@H]1O. The maximum Gasteiger partial charge on any atom is 0.0929 e. The zero-order valence-corrected chi connectivity index (χ0v) is 11.4. The van der Waals surface area contributed by atoms with Crippen molar-refractivity contribution in [3.05, 3.63) is 23.8 Å². The Morgan fingerprint density at radius 2 is 2.06 bits per heavy atom. The number of epoxide rings is 1. The molecule has 0 unspecified atom stereocenters. The smallest absolute Gasteiger partial charge is 0.0929 e. The second-order valence-electron chi connectivity index (χ2n) is 6.40. The van der Waals surface area contributed by atoms with Gasteiger partial charge in [-0.2, -0.15) is 0 Å². The number of allylic oxidation sites excluding steroid dienone is 2.